The zero-order valence-corrected chi connectivity index (χ0v) is 7.48. The lowest BCUT2D eigenvalue weighted by Crippen LogP contribution is -2.01. The van der Waals surface area contributed by atoms with Gasteiger partial charge in [-0.15, -0.1) is 4.89 Å². The van der Waals surface area contributed by atoms with Crippen molar-refractivity contribution >= 4 is 21.8 Å². The molecule has 0 aromatic heterocycles. The highest BCUT2D eigenvalue weighted by Gasteiger charge is 1.84. The molecule has 0 unspecified atom stereocenters. The second-order valence-corrected chi connectivity index (χ2v) is 3.61. The minimum atomic E-state index is 0.722. The Balaban J connectivity index is 2.60. The predicted octanol–water partition coefficient (Wildman–Crippen LogP) is 2.23. The van der Waals surface area contributed by atoms with E-state index < -0.39 is 0 Å². The summed E-state index contributed by atoms with van der Waals surface area (Å²) in [5, 5.41) is 0. The van der Waals surface area contributed by atoms with E-state index in [0.717, 1.165) is 6.61 Å². The summed E-state index contributed by atoms with van der Waals surface area (Å²) in [5.74, 6) is 1.17. The lowest BCUT2D eigenvalue weighted by Gasteiger charge is -1.99. The van der Waals surface area contributed by atoms with E-state index in [9.17, 15) is 0 Å². The van der Waals surface area contributed by atoms with Crippen molar-refractivity contribution in [3.8, 4) is 0 Å². The molecule has 0 aliphatic heterocycles. The molecule has 4 heteroatoms. The van der Waals surface area contributed by atoms with Gasteiger partial charge in [0.05, 0.1) is 6.61 Å². The van der Waals surface area contributed by atoms with Gasteiger partial charge in [-0.2, -0.15) is 0 Å². The van der Waals surface area contributed by atoms with Crippen LogP contribution in [0.4, 0.5) is 0 Å². The molecule has 0 saturated carbocycles. The first-order valence-electron chi connectivity index (χ1n) is 3.07. The molecule has 0 aliphatic rings. The maximum Gasteiger partial charge on any atom is 0.0665 e. The van der Waals surface area contributed by atoms with Crippen LogP contribution in [0.15, 0.2) is 0 Å². The summed E-state index contributed by atoms with van der Waals surface area (Å²) in [6.45, 7) is 4.84. The second kappa shape index (κ2) is 8.62. The Morgan fingerprint density at radius 3 is 2.78 bits per heavy atom. The lowest BCUT2D eigenvalue weighted by atomic mass is 10.6. The van der Waals surface area contributed by atoms with Crippen LogP contribution < -0.4 is 4.89 Å². The van der Waals surface area contributed by atoms with Crippen LogP contribution in [0.1, 0.15) is 20.3 Å². The van der Waals surface area contributed by atoms with Gasteiger partial charge in [-0.05, 0) is 13.3 Å². The summed E-state index contributed by atoms with van der Waals surface area (Å²) >= 11 is 0. The van der Waals surface area contributed by atoms with E-state index in [1.54, 1.807) is 21.8 Å². The molecule has 0 saturated heterocycles. The van der Waals surface area contributed by atoms with Gasteiger partial charge < -0.3 is 0 Å². The molecular formula is C5H13NOS2. The summed E-state index contributed by atoms with van der Waals surface area (Å²) in [7, 11) is 3.32. The van der Waals surface area contributed by atoms with E-state index in [1.807, 2.05) is 6.92 Å². The monoisotopic (exact) mass is 167 g/mol. The van der Waals surface area contributed by atoms with Crippen molar-refractivity contribution in [1.29, 1.82) is 0 Å². The fraction of sp³-hybridized carbons (Fsp3) is 1.00. The molecule has 0 aliphatic carbocycles. The molecule has 0 heterocycles. The number of hydrogen-bond acceptors (Lipinski definition) is 4. The third-order valence-corrected chi connectivity index (χ3v) is 2.52. The summed E-state index contributed by atoms with van der Waals surface area (Å²) in [6.07, 6.45) is 1.21. The third-order valence-electron chi connectivity index (χ3n) is 0.584. The smallest absolute Gasteiger partial charge is 0.0665 e. The van der Waals surface area contributed by atoms with E-state index in [2.05, 4.69) is 11.8 Å². The average Bonchev–Trinajstić information content (AvgIpc) is 1.89. The highest BCUT2D eigenvalue weighted by Crippen LogP contribution is 2.17. The molecule has 0 fully saturated rings. The SMILES string of the molecule is CCCSSNOCC. The van der Waals surface area contributed by atoms with Crippen molar-refractivity contribution in [2.45, 2.75) is 20.3 Å². The van der Waals surface area contributed by atoms with Gasteiger partial charge in [-0.25, -0.2) is 0 Å². The van der Waals surface area contributed by atoms with Crippen molar-refractivity contribution in [3.63, 3.8) is 0 Å². The van der Waals surface area contributed by atoms with Gasteiger partial charge >= 0.3 is 0 Å². The average molecular weight is 167 g/mol. The molecule has 0 radical (unpaired) electrons. The van der Waals surface area contributed by atoms with Crippen LogP contribution in [-0.4, -0.2) is 12.4 Å². The Hall–Kier alpha value is 0.620. The summed E-state index contributed by atoms with van der Waals surface area (Å²) in [4.78, 5) is 7.62. The highest BCUT2D eigenvalue weighted by atomic mass is 33.1. The molecule has 0 amide bonds. The van der Waals surface area contributed by atoms with Crippen molar-refractivity contribution in [3.05, 3.63) is 0 Å². The number of hydrogen-bond donors (Lipinski definition) is 1. The highest BCUT2D eigenvalue weighted by molar-refractivity contribution is 8.75. The quantitative estimate of drug-likeness (QED) is 0.283. The maximum atomic E-state index is 4.87. The maximum absolute atomic E-state index is 4.87. The first kappa shape index (κ1) is 9.62. The van der Waals surface area contributed by atoms with E-state index in [-0.39, 0.29) is 0 Å². The fourth-order valence-corrected chi connectivity index (χ4v) is 1.73. The van der Waals surface area contributed by atoms with Crippen LogP contribution in [0.3, 0.4) is 0 Å². The van der Waals surface area contributed by atoms with Crippen molar-refractivity contribution in [2.24, 2.45) is 0 Å². The zero-order valence-electron chi connectivity index (χ0n) is 5.85. The fourth-order valence-electron chi connectivity index (χ4n) is 0.232. The van der Waals surface area contributed by atoms with Crippen LogP contribution in [0.2, 0.25) is 0 Å². The molecule has 9 heavy (non-hydrogen) atoms. The minimum Gasteiger partial charge on any atom is -0.291 e. The van der Waals surface area contributed by atoms with Gasteiger partial charge in [0.15, 0.2) is 0 Å². The summed E-state index contributed by atoms with van der Waals surface area (Å²) < 4.78 is 0. The minimum absolute atomic E-state index is 0.722. The topological polar surface area (TPSA) is 21.3 Å². The van der Waals surface area contributed by atoms with Gasteiger partial charge in [-0.3, -0.25) is 4.84 Å². The summed E-state index contributed by atoms with van der Waals surface area (Å²) in [5.41, 5.74) is 0. The lowest BCUT2D eigenvalue weighted by molar-refractivity contribution is 0.115. The normalized spacial score (nSPS) is 10.0. The van der Waals surface area contributed by atoms with Crippen LogP contribution >= 0.6 is 21.8 Å². The Bertz CT molecular complexity index is 48.2. The van der Waals surface area contributed by atoms with Crippen LogP contribution in [0.5, 0.6) is 0 Å². The zero-order chi connectivity index (χ0) is 6.95. The predicted molar refractivity (Wildman–Crippen MR) is 45.1 cm³/mol. The largest absolute Gasteiger partial charge is 0.291 e. The van der Waals surface area contributed by atoms with Gasteiger partial charge in [-0.1, -0.05) is 17.7 Å². The Labute approximate surface area is 64.6 Å². The van der Waals surface area contributed by atoms with E-state index in [4.69, 9.17) is 4.84 Å². The van der Waals surface area contributed by atoms with Crippen molar-refractivity contribution in [1.82, 2.24) is 4.89 Å². The van der Waals surface area contributed by atoms with E-state index in [0.29, 0.717) is 0 Å². The van der Waals surface area contributed by atoms with Crippen molar-refractivity contribution in [2.75, 3.05) is 12.4 Å². The molecule has 2 nitrogen and oxygen atoms in total. The first-order valence-corrected chi connectivity index (χ1v) is 5.39. The number of nitrogens with one attached hydrogen (secondary N) is 1. The standard InChI is InChI=1S/C5H13NOS2/c1-3-5-8-9-6-7-4-2/h6H,3-5H2,1-2H3. The Morgan fingerprint density at radius 2 is 2.22 bits per heavy atom. The Morgan fingerprint density at radius 1 is 1.44 bits per heavy atom. The molecule has 0 aromatic rings. The third kappa shape index (κ3) is 8.62. The molecule has 0 rings (SSSR count). The Kier molecular flexibility index (Phi) is 9.21. The number of rotatable bonds is 6. The van der Waals surface area contributed by atoms with Gasteiger partial charge in [0, 0.05) is 16.7 Å². The molecule has 56 valence electrons. The van der Waals surface area contributed by atoms with Gasteiger partial charge in [0.25, 0.3) is 0 Å². The first-order chi connectivity index (χ1) is 4.41. The molecule has 0 aromatic carbocycles. The van der Waals surface area contributed by atoms with Crippen LogP contribution in [-0.2, 0) is 4.84 Å². The van der Waals surface area contributed by atoms with Gasteiger partial charge in [0.2, 0.25) is 0 Å². The molecule has 0 bridgehead atoms. The van der Waals surface area contributed by atoms with Crippen LogP contribution in [0, 0.1) is 0 Å². The van der Waals surface area contributed by atoms with Crippen LogP contribution in [0.25, 0.3) is 0 Å². The molecule has 0 spiro atoms. The second-order valence-electron chi connectivity index (χ2n) is 1.42. The van der Waals surface area contributed by atoms with Gasteiger partial charge in [0.1, 0.15) is 0 Å². The molecule has 0 atom stereocenters. The molecular weight excluding hydrogens is 154 g/mol. The van der Waals surface area contributed by atoms with Crippen molar-refractivity contribution < 1.29 is 4.84 Å². The molecule has 1 N–H and O–H groups in total. The van der Waals surface area contributed by atoms with E-state index in [1.165, 1.54) is 12.2 Å². The summed E-state index contributed by atoms with van der Waals surface area (Å²) in [6, 6.07) is 0. The van der Waals surface area contributed by atoms with E-state index >= 15 is 0 Å².